The first-order chi connectivity index (χ1) is 16.6. The lowest BCUT2D eigenvalue weighted by Crippen LogP contribution is -2.51. The number of halogens is 1. The van der Waals surface area contributed by atoms with Gasteiger partial charge in [-0.05, 0) is 18.2 Å². The molecule has 0 spiro atoms. The van der Waals surface area contributed by atoms with Crippen LogP contribution in [0.4, 0.5) is 5.69 Å². The Balaban J connectivity index is 1.22. The van der Waals surface area contributed by atoms with Gasteiger partial charge in [0.25, 0.3) is 5.89 Å². The van der Waals surface area contributed by atoms with Crippen LogP contribution < -0.4 is 4.90 Å². The van der Waals surface area contributed by atoms with E-state index in [2.05, 4.69) is 20.1 Å². The van der Waals surface area contributed by atoms with Gasteiger partial charge in [0.05, 0.1) is 0 Å². The monoisotopic (exact) mass is 478 g/mol. The van der Waals surface area contributed by atoms with E-state index in [0.29, 0.717) is 49.2 Å². The molecule has 9 nitrogen and oxygen atoms in total. The number of nitrogens with zero attached hydrogens (tertiary/aromatic N) is 6. The zero-order chi connectivity index (χ0) is 23.5. The van der Waals surface area contributed by atoms with Gasteiger partial charge in [-0.3, -0.25) is 9.59 Å². The third-order valence-electron chi connectivity index (χ3n) is 5.90. The lowest BCUT2D eigenvalue weighted by Gasteiger charge is -2.36. The van der Waals surface area contributed by atoms with E-state index in [9.17, 15) is 9.59 Å². The molecule has 174 valence electrons. The Hall–Kier alpha value is -3.72. The molecule has 0 radical (unpaired) electrons. The topological polar surface area (TPSA) is 95.1 Å². The van der Waals surface area contributed by atoms with Crippen molar-refractivity contribution in [2.45, 2.75) is 12.8 Å². The van der Waals surface area contributed by atoms with Crippen molar-refractivity contribution in [1.82, 2.24) is 20.0 Å². The summed E-state index contributed by atoms with van der Waals surface area (Å²) in [5.74, 6) is 0.381. The summed E-state index contributed by atoms with van der Waals surface area (Å²) in [5.41, 5.74) is 2.37. The fraction of sp³-hybridized carbons (Fsp3) is 0.292. The van der Waals surface area contributed by atoms with Gasteiger partial charge in [0.2, 0.25) is 17.6 Å². The Morgan fingerprint density at radius 3 is 2.56 bits per heavy atom. The molecule has 10 heteroatoms. The van der Waals surface area contributed by atoms with Gasteiger partial charge >= 0.3 is 0 Å². The van der Waals surface area contributed by atoms with E-state index in [4.69, 9.17) is 16.1 Å². The number of amides is 2. The molecule has 3 heterocycles. The fourth-order valence-electron chi connectivity index (χ4n) is 4.04. The second-order valence-electron chi connectivity index (χ2n) is 8.13. The van der Waals surface area contributed by atoms with Crippen LogP contribution in [0, 0.1) is 0 Å². The number of piperazine rings is 1. The summed E-state index contributed by atoms with van der Waals surface area (Å²) in [7, 11) is 0. The van der Waals surface area contributed by atoms with Crippen LogP contribution in [0.5, 0.6) is 0 Å². The highest BCUT2D eigenvalue weighted by Crippen LogP contribution is 2.22. The summed E-state index contributed by atoms with van der Waals surface area (Å²) in [6.07, 6.45) is 0.621. The zero-order valence-electron chi connectivity index (χ0n) is 18.4. The molecule has 2 aromatic carbocycles. The van der Waals surface area contributed by atoms with Crippen molar-refractivity contribution < 1.29 is 14.1 Å². The van der Waals surface area contributed by atoms with E-state index in [1.807, 2.05) is 54.6 Å². The van der Waals surface area contributed by atoms with Crippen molar-refractivity contribution in [2.24, 2.45) is 5.10 Å². The van der Waals surface area contributed by atoms with Crippen LogP contribution in [0.2, 0.25) is 5.02 Å². The van der Waals surface area contributed by atoms with Crippen molar-refractivity contribution in [2.75, 3.05) is 37.6 Å². The molecule has 0 unspecified atom stereocenters. The highest BCUT2D eigenvalue weighted by molar-refractivity contribution is 6.30. The maximum absolute atomic E-state index is 12.9. The molecule has 1 fully saturated rings. The molecule has 34 heavy (non-hydrogen) atoms. The van der Waals surface area contributed by atoms with E-state index in [0.717, 1.165) is 11.3 Å². The number of benzene rings is 2. The van der Waals surface area contributed by atoms with Crippen LogP contribution in [0.25, 0.3) is 11.4 Å². The number of carbonyl (C=O) groups excluding carboxylic acids is 2. The zero-order valence-corrected chi connectivity index (χ0v) is 19.2. The number of aromatic nitrogens is 2. The number of hydrogen-bond donors (Lipinski definition) is 0. The minimum atomic E-state index is -0.197. The number of hydrogen-bond acceptors (Lipinski definition) is 7. The van der Waals surface area contributed by atoms with E-state index in [-0.39, 0.29) is 30.7 Å². The molecule has 2 aliphatic rings. The van der Waals surface area contributed by atoms with Gasteiger partial charge in [0.15, 0.2) is 0 Å². The SMILES string of the molecule is O=C(CN1N=C(c2nc(-c3ccccc3)no2)CCC1=O)N1CCN(c2cccc(Cl)c2)CC1. The molecule has 0 N–H and O–H groups in total. The Morgan fingerprint density at radius 2 is 1.79 bits per heavy atom. The second kappa shape index (κ2) is 9.64. The van der Waals surface area contributed by atoms with Crippen LogP contribution in [0.15, 0.2) is 64.2 Å². The van der Waals surface area contributed by atoms with Crippen molar-refractivity contribution in [3.05, 3.63) is 65.5 Å². The van der Waals surface area contributed by atoms with E-state index >= 15 is 0 Å². The quantitative estimate of drug-likeness (QED) is 0.559. The van der Waals surface area contributed by atoms with Gasteiger partial charge in [0, 0.05) is 55.3 Å². The van der Waals surface area contributed by atoms with Gasteiger partial charge in [0.1, 0.15) is 12.3 Å². The average Bonchev–Trinajstić information content (AvgIpc) is 3.36. The maximum Gasteiger partial charge on any atom is 0.274 e. The van der Waals surface area contributed by atoms with Gasteiger partial charge in [-0.15, -0.1) is 0 Å². The summed E-state index contributed by atoms with van der Waals surface area (Å²) in [6, 6.07) is 17.2. The largest absolute Gasteiger partial charge is 0.368 e. The Bertz CT molecular complexity index is 1220. The van der Waals surface area contributed by atoms with E-state index in [1.54, 1.807) is 4.90 Å². The standard InChI is InChI=1S/C24H23ClN6O3/c25-18-7-4-8-19(15-18)29-11-13-30(14-12-29)22(33)16-31-21(32)10-9-20(27-31)24-26-23(28-34-24)17-5-2-1-3-6-17/h1-8,15H,9-14,16H2. The second-order valence-corrected chi connectivity index (χ2v) is 8.57. The van der Waals surface area contributed by atoms with E-state index in [1.165, 1.54) is 5.01 Å². The number of anilines is 1. The Kier molecular flexibility index (Phi) is 6.27. The number of carbonyl (C=O) groups is 2. The third-order valence-corrected chi connectivity index (χ3v) is 6.14. The molecular weight excluding hydrogens is 456 g/mol. The highest BCUT2D eigenvalue weighted by atomic mass is 35.5. The van der Waals surface area contributed by atoms with Crippen molar-refractivity contribution >= 4 is 34.8 Å². The van der Waals surface area contributed by atoms with Crippen LogP contribution in [0.3, 0.4) is 0 Å². The van der Waals surface area contributed by atoms with Crippen molar-refractivity contribution in [1.29, 1.82) is 0 Å². The summed E-state index contributed by atoms with van der Waals surface area (Å²) in [4.78, 5) is 33.7. The Labute approximate surface area is 201 Å². The van der Waals surface area contributed by atoms with Crippen molar-refractivity contribution in [3.63, 3.8) is 0 Å². The molecule has 1 saturated heterocycles. The van der Waals surface area contributed by atoms with Gasteiger partial charge < -0.3 is 14.3 Å². The fourth-order valence-corrected chi connectivity index (χ4v) is 4.22. The molecule has 0 bridgehead atoms. The minimum Gasteiger partial charge on any atom is -0.368 e. The Morgan fingerprint density at radius 1 is 1.00 bits per heavy atom. The third kappa shape index (κ3) is 4.79. The predicted octanol–water partition coefficient (Wildman–Crippen LogP) is 3.07. The molecule has 2 amide bonds. The summed E-state index contributed by atoms with van der Waals surface area (Å²) in [5, 5.41) is 10.3. The van der Waals surface area contributed by atoms with Gasteiger partial charge in [-0.2, -0.15) is 10.1 Å². The summed E-state index contributed by atoms with van der Waals surface area (Å²) in [6.45, 7) is 2.40. The molecule has 5 rings (SSSR count). The maximum atomic E-state index is 12.9. The molecule has 0 saturated carbocycles. The average molecular weight is 479 g/mol. The lowest BCUT2D eigenvalue weighted by molar-refractivity contribution is -0.141. The summed E-state index contributed by atoms with van der Waals surface area (Å²) >= 11 is 6.10. The first kappa shape index (κ1) is 22.1. The molecular formula is C24H23ClN6O3. The van der Waals surface area contributed by atoms with Crippen molar-refractivity contribution in [3.8, 4) is 11.4 Å². The van der Waals surface area contributed by atoms with Gasteiger partial charge in [-0.25, -0.2) is 5.01 Å². The summed E-state index contributed by atoms with van der Waals surface area (Å²) < 4.78 is 5.39. The molecule has 1 aromatic heterocycles. The number of hydrazone groups is 1. The van der Waals surface area contributed by atoms with Crippen LogP contribution >= 0.6 is 11.6 Å². The first-order valence-corrected chi connectivity index (χ1v) is 11.5. The molecule has 0 aliphatic carbocycles. The van der Waals surface area contributed by atoms with Crippen LogP contribution in [-0.4, -0.2) is 70.3 Å². The van der Waals surface area contributed by atoms with Crippen LogP contribution in [0.1, 0.15) is 18.7 Å². The number of rotatable bonds is 5. The van der Waals surface area contributed by atoms with E-state index < -0.39 is 0 Å². The smallest absolute Gasteiger partial charge is 0.274 e. The predicted molar refractivity (Wildman–Crippen MR) is 127 cm³/mol. The van der Waals surface area contributed by atoms with Crippen LogP contribution in [-0.2, 0) is 9.59 Å². The molecule has 0 atom stereocenters. The minimum absolute atomic E-state index is 0.112. The highest BCUT2D eigenvalue weighted by Gasteiger charge is 2.29. The molecule has 2 aliphatic heterocycles. The normalized spacial score (nSPS) is 16.6. The lowest BCUT2D eigenvalue weighted by atomic mass is 10.1. The first-order valence-electron chi connectivity index (χ1n) is 11.1. The van der Waals surface area contributed by atoms with Gasteiger partial charge in [-0.1, -0.05) is 53.2 Å². The molecule has 3 aromatic rings.